The number of hydrogen-bond donors (Lipinski definition) is 3. The SMILES string of the molecule is Cc1[nH]nc(C(=O)NCC(C)(C)C(C)C)c1S(N)(=O)=O. The Balaban J connectivity index is 2.96. The van der Waals surface area contributed by atoms with Crippen molar-refractivity contribution in [2.24, 2.45) is 16.5 Å². The number of hydrogen-bond acceptors (Lipinski definition) is 4. The van der Waals surface area contributed by atoms with Crippen molar-refractivity contribution in [1.82, 2.24) is 15.5 Å². The third kappa shape index (κ3) is 3.57. The lowest BCUT2D eigenvalue weighted by atomic mass is 9.81. The molecule has 0 bridgehead atoms. The molecule has 0 aromatic carbocycles. The van der Waals surface area contributed by atoms with Gasteiger partial charge < -0.3 is 5.32 Å². The minimum absolute atomic E-state index is 0.108. The summed E-state index contributed by atoms with van der Waals surface area (Å²) < 4.78 is 23.0. The molecule has 0 aliphatic rings. The van der Waals surface area contributed by atoms with Gasteiger partial charge in [-0.05, 0) is 18.3 Å². The molecule has 114 valence electrons. The van der Waals surface area contributed by atoms with Gasteiger partial charge >= 0.3 is 0 Å². The fourth-order valence-electron chi connectivity index (χ4n) is 1.52. The molecular weight excluding hydrogens is 280 g/mol. The van der Waals surface area contributed by atoms with E-state index in [4.69, 9.17) is 5.14 Å². The molecule has 1 aromatic rings. The quantitative estimate of drug-likeness (QED) is 0.744. The maximum absolute atomic E-state index is 12.1. The van der Waals surface area contributed by atoms with Crippen molar-refractivity contribution in [3.05, 3.63) is 11.4 Å². The van der Waals surface area contributed by atoms with Crippen LogP contribution in [0.4, 0.5) is 0 Å². The highest BCUT2D eigenvalue weighted by molar-refractivity contribution is 7.89. The molecule has 20 heavy (non-hydrogen) atoms. The van der Waals surface area contributed by atoms with Crippen LogP contribution in [-0.2, 0) is 10.0 Å². The fraction of sp³-hybridized carbons (Fsp3) is 0.667. The van der Waals surface area contributed by atoms with E-state index in [1.165, 1.54) is 6.92 Å². The Kier molecular flexibility index (Phi) is 4.60. The molecule has 0 saturated heterocycles. The summed E-state index contributed by atoms with van der Waals surface area (Å²) >= 11 is 0. The van der Waals surface area contributed by atoms with Crippen LogP contribution in [0.1, 0.15) is 43.9 Å². The van der Waals surface area contributed by atoms with Crippen molar-refractivity contribution in [1.29, 1.82) is 0 Å². The molecular formula is C12H22N4O3S. The molecule has 0 fully saturated rings. The number of nitrogens with two attached hydrogens (primary N) is 1. The van der Waals surface area contributed by atoms with Gasteiger partial charge in [-0.2, -0.15) is 5.10 Å². The monoisotopic (exact) mass is 302 g/mol. The first-order valence-electron chi connectivity index (χ1n) is 6.32. The molecule has 0 atom stereocenters. The molecule has 0 aliphatic heterocycles. The summed E-state index contributed by atoms with van der Waals surface area (Å²) in [6.45, 7) is 10.1. The van der Waals surface area contributed by atoms with Crippen LogP contribution in [0.5, 0.6) is 0 Å². The Morgan fingerprint density at radius 2 is 2.00 bits per heavy atom. The lowest BCUT2D eigenvalue weighted by Gasteiger charge is -2.29. The zero-order valence-electron chi connectivity index (χ0n) is 12.4. The van der Waals surface area contributed by atoms with Crippen molar-refractivity contribution >= 4 is 15.9 Å². The van der Waals surface area contributed by atoms with E-state index < -0.39 is 15.9 Å². The molecule has 1 heterocycles. The molecule has 0 aliphatic carbocycles. The minimum Gasteiger partial charge on any atom is -0.350 e. The first-order chi connectivity index (χ1) is 8.97. The smallest absolute Gasteiger partial charge is 0.273 e. The highest BCUT2D eigenvalue weighted by Crippen LogP contribution is 2.25. The van der Waals surface area contributed by atoms with E-state index in [9.17, 15) is 13.2 Å². The third-order valence-electron chi connectivity index (χ3n) is 3.66. The number of primary sulfonamides is 1. The number of nitrogens with zero attached hydrogens (tertiary/aromatic N) is 1. The summed E-state index contributed by atoms with van der Waals surface area (Å²) in [4.78, 5) is 11.8. The van der Waals surface area contributed by atoms with Gasteiger partial charge in [-0.15, -0.1) is 0 Å². The Bertz CT molecular complexity index is 602. The van der Waals surface area contributed by atoms with Gasteiger partial charge in [0, 0.05) is 6.54 Å². The topological polar surface area (TPSA) is 118 Å². The van der Waals surface area contributed by atoms with Gasteiger partial charge in [0.05, 0.1) is 5.69 Å². The summed E-state index contributed by atoms with van der Waals surface area (Å²) in [6.07, 6.45) is 0. The molecule has 0 spiro atoms. The number of aromatic nitrogens is 2. The van der Waals surface area contributed by atoms with Crippen LogP contribution in [0, 0.1) is 18.3 Å². The second-order valence-corrected chi connectivity index (χ2v) is 7.40. The van der Waals surface area contributed by atoms with E-state index in [-0.39, 0.29) is 21.7 Å². The van der Waals surface area contributed by atoms with Crippen molar-refractivity contribution in [3.63, 3.8) is 0 Å². The zero-order valence-corrected chi connectivity index (χ0v) is 13.3. The molecule has 1 rings (SSSR count). The second-order valence-electron chi connectivity index (χ2n) is 5.90. The summed E-state index contributed by atoms with van der Waals surface area (Å²) in [5.74, 6) is -0.187. The fourth-order valence-corrected chi connectivity index (χ4v) is 2.40. The van der Waals surface area contributed by atoms with Crippen LogP contribution in [0.2, 0.25) is 0 Å². The normalized spacial score (nSPS) is 12.8. The molecule has 0 radical (unpaired) electrons. The molecule has 0 unspecified atom stereocenters. The number of carbonyl (C=O) groups is 1. The average Bonchev–Trinajstić information content (AvgIpc) is 2.67. The van der Waals surface area contributed by atoms with Gasteiger partial charge in [0.25, 0.3) is 5.91 Å². The molecule has 4 N–H and O–H groups in total. The Morgan fingerprint density at radius 1 is 1.45 bits per heavy atom. The largest absolute Gasteiger partial charge is 0.350 e. The summed E-state index contributed by atoms with van der Waals surface area (Å²) in [5, 5.41) is 14.0. The van der Waals surface area contributed by atoms with E-state index in [0.29, 0.717) is 12.5 Å². The summed E-state index contributed by atoms with van der Waals surface area (Å²) in [5.41, 5.74) is -0.0479. The molecule has 1 aromatic heterocycles. The lowest BCUT2D eigenvalue weighted by molar-refractivity contribution is 0.0916. The standard InChI is InChI=1S/C12H22N4O3S/c1-7(2)12(4,5)6-14-11(17)9-10(20(13,18)19)8(3)15-16-9/h7H,6H2,1-5H3,(H,14,17)(H,15,16)(H2,13,18,19). The van der Waals surface area contributed by atoms with Gasteiger partial charge in [-0.3, -0.25) is 9.89 Å². The third-order valence-corrected chi connectivity index (χ3v) is 4.73. The second kappa shape index (κ2) is 5.53. The van der Waals surface area contributed by atoms with Crippen LogP contribution < -0.4 is 10.5 Å². The Morgan fingerprint density at radius 3 is 2.45 bits per heavy atom. The van der Waals surface area contributed by atoms with Gasteiger partial charge in [-0.1, -0.05) is 27.7 Å². The number of amides is 1. The van der Waals surface area contributed by atoms with E-state index in [0.717, 1.165) is 0 Å². The number of sulfonamides is 1. The number of H-pyrrole nitrogens is 1. The van der Waals surface area contributed by atoms with Gasteiger partial charge in [0.1, 0.15) is 4.90 Å². The van der Waals surface area contributed by atoms with E-state index >= 15 is 0 Å². The summed E-state index contributed by atoms with van der Waals surface area (Å²) in [6, 6.07) is 0. The van der Waals surface area contributed by atoms with Crippen LogP contribution in [0.25, 0.3) is 0 Å². The zero-order chi connectivity index (χ0) is 15.7. The number of rotatable bonds is 5. The first-order valence-corrected chi connectivity index (χ1v) is 7.87. The van der Waals surface area contributed by atoms with E-state index in [1.807, 2.05) is 13.8 Å². The van der Waals surface area contributed by atoms with E-state index in [2.05, 4.69) is 29.4 Å². The number of carbonyl (C=O) groups excluding carboxylic acids is 1. The van der Waals surface area contributed by atoms with Crippen molar-refractivity contribution in [3.8, 4) is 0 Å². The van der Waals surface area contributed by atoms with Gasteiger partial charge in [0.2, 0.25) is 10.0 Å². The highest BCUT2D eigenvalue weighted by atomic mass is 32.2. The molecule has 7 nitrogen and oxygen atoms in total. The number of nitrogens with one attached hydrogen (secondary N) is 2. The Hall–Kier alpha value is -1.41. The van der Waals surface area contributed by atoms with E-state index in [1.54, 1.807) is 0 Å². The number of aryl methyl sites for hydroxylation is 1. The summed E-state index contributed by atoms with van der Waals surface area (Å²) in [7, 11) is -3.99. The lowest BCUT2D eigenvalue weighted by Crippen LogP contribution is -2.37. The molecule has 0 saturated carbocycles. The van der Waals surface area contributed by atoms with Crippen LogP contribution in [0.3, 0.4) is 0 Å². The van der Waals surface area contributed by atoms with Gasteiger partial charge in [0.15, 0.2) is 5.69 Å². The maximum Gasteiger partial charge on any atom is 0.273 e. The minimum atomic E-state index is -3.99. The van der Waals surface area contributed by atoms with Gasteiger partial charge in [-0.25, -0.2) is 13.6 Å². The van der Waals surface area contributed by atoms with Crippen LogP contribution >= 0.6 is 0 Å². The number of aromatic amines is 1. The highest BCUT2D eigenvalue weighted by Gasteiger charge is 2.28. The first kappa shape index (κ1) is 16.6. The van der Waals surface area contributed by atoms with Crippen molar-refractivity contribution in [2.75, 3.05) is 6.54 Å². The predicted molar refractivity (Wildman–Crippen MR) is 75.7 cm³/mol. The van der Waals surface area contributed by atoms with Crippen LogP contribution in [-0.4, -0.2) is 31.1 Å². The van der Waals surface area contributed by atoms with Crippen LogP contribution in [0.15, 0.2) is 4.90 Å². The average molecular weight is 302 g/mol. The maximum atomic E-state index is 12.1. The molecule has 1 amide bonds. The molecule has 8 heteroatoms. The predicted octanol–water partition coefficient (Wildman–Crippen LogP) is 0.778. The Labute approximate surface area is 119 Å². The van der Waals surface area contributed by atoms with Crippen molar-refractivity contribution < 1.29 is 13.2 Å². The van der Waals surface area contributed by atoms with Crippen molar-refractivity contribution in [2.45, 2.75) is 39.5 Å².